The molecule has 0 fully saturated rings. The summed E-state index contributed by atoms with van der Waals surface area (Å²) in [5.41, 5.74) is -0.598. The number of nitrogens with one attached hydrogen (secondary N) is 1. The fraction of sp³-hybridized carbons (Fsp3) is 0.364. The summed E-state index contributed by atoms with van der Waals surface area (Å²) in [5.74, 6) is -2.60. The second kappa shape index (κ2) is 6.49. The average molecular weight is 325 g/mol. The highest BCUT2D eigenvalue weighted by molar-refractivity contribution is 7.89. The summed E-state index contributed by atoms with van der Waals surface area (Å²) in [6.07, 6.45) is 0. The van der Waals surface area contributed by atoms with E-state index >= 15 is 0 Å². The molecule has 9 heteroatoms. The number of hydrogen-bond acceptors (Lipinski definition) is 4. The number of carboxylic acid groups (broad SMARTS) is 1. The van der Waals surface area contributed by atoms with Crippen LogP contribution < -0.4 is 4.72 Å². The highest BCUT2D eigenvalue weighted by Crippen LogP contribution is 2.24. The first-order chi connectivity index (χ1) is 9.15. The highest BCUT2D eigenvalue weighted by Gasteiger charge is 2.21. The van der Waals surface area contributed by atoms with Crippen LogP contribution >= 0.6 is 11.6 Å². The van der Waals surface area contributed by atoms with E-state index in [9.17, 15) is 17.6 Å². The lowest BCUT2D eigenvalue weighted by molar-refractivity contribution is 0.0696. The summed E-state index contributed by atoms with van der Waals surface area (Å²) in [7, 11) is -0.464. The molecule has 0 heterocycles. The van der Waals surface area contributed by atoms with Gasteiger partial charge in [-0.3, -0.25) is 0 Å². The predicted molar refractivity (Wildman–Crippen MR) is 72.1 cm³/mol. The van der Waals surface area contributed by atoms with E-state index in [-0.39, 0.29) is 6.54 Å². The highest BCUT2D eigenvalue weighted by atomic mass is 35.5. The van der Waals surface area contributed by atoms with Crippen LogP contribution in [-0.4, -0.2) is 51.6 Å². The van der Waals surface area contributed by atoms with Crippen LogP contribution in [0.15, 0.2) is 17.0 Å². The Balaban J connectivity index is 3.10. The van der Waals surface area contributed by atoms with E-state index in [1.807, 2.05) is 0 Å². The standard InChI is InChI=1S/C11H14ClFN2O4S/c1-15(2)4-3-14-20(18,19)7-5-8(11(16)17)10(12)9(13)6-7/h5-6,14H,3-4H2,1-2H3,(H,16,17). The van der Waals surface area contributed by atoms with Gasteiger partial charge in [-0.2, -0.15) is 0 Å². The first kappa shape index (κ1) is 16.8. The molecule has 6 nitrogen and oxygen atoms in total. The zero-order chi connectivity index (χ0) is 15.5. The van der Waals surface area contributed by atoms with Crippen molar-refractivity contribution in [3.05, 3.63) is 28.5 Å². The monoisotopic (exact) mass is 324 g/mol. The van der Waals surface area contributed by atoms with Gasteiger partial charge in [-0.25, -0.2) is 22.3 Å². The Bertz CT molecular complexity index is 619. The normalized spacial score (nSPS) is 11.8. The van der Waals surface area contributed by atoms with Crippen LogP contribution in [0.3, 0.4) is 0 Å². The molecule has 20 heavy (non-hydrogen) atoms. The first-order valence-corrected chi connectivity index (χ1v) is 7.38. The summed E-state index contributed by atoms with van der Waals surface area (Å²) in [4.78, 5) is 12.2. The van der Waals surface area contributed by atoms with Gasteiger partial charge in [0.05, 0.1) is 15.5 Å². The summed E-state index contributed by atoms with van der Waals surface area (Å²) in [6, 6.07) is 1.51. The summed E-state index contributed by atoms with van der Waals surface area (Å²) in [5, 5.41) is 8.24. The van der Waals surface area contributed by atoms with Crippen molar-refractivity contribution in [3.8, 4) is 0 Å². The first-order valence-electron chi connectivity index (χ1n) is 5.52. The molecular formula is C11H14ClFN2O4S. The summed E-state index contributed by atoms with van der Waals surface area (Å²) >= 11 is 5.48. The Morgan fingerprint density at radius 1 is 1.45 bits per heavy atom. The number of hydrogen-bond donors (Lipinski definition) is 2. The molecule has 0 aliphatic heterocycles. The third-order valence-corrected chi connectivity index (χ3v) is 4.22. The summed E-state index contributed by atoms with van der Waals surface area (Å²) < 4.78 is 39.6. The van der Waals surface area contributed by atoms with Crippen molar-refractivity contribution in [2.24, 2.45) is 0 Å². The molecule has 1 aromatic carbocycles. The third-order valence-electron chi connectivity index (χ3n) is 2.39. The Morgan fingerprint density at radius 2 is 2.05 bits per heavy atom. The van der Waals surface area contributed by atoms with Crippen molar-refractivity contribution in [2.45, 2.75) is 4.90 Å². The SMILES string of the molecule is CN(C)CCNS(=O)(=O)c1cc(F)c(Cl)c(C(=O)O)c1. The van der Waals surface area contributed by atoms with Gasteiger partial charge in [0.25, 0.3) is 0 Å². The maximum absolute atomic E-state index is 13.5. The molecule has 1 aromatic rings. The van der Waals surface area contributed by atoms with Crippen LogP contribution in [0.1, 0.15) is 10.4 Å². The van der Waals surface area contributed by atoms with Gasteiger partial charge in [0.2, 0.25) is 10.0 Å². The van der Waals surface area contributed by atoms with Crippen LogP contribution in [0, 0.1) is 5.82 Å². The molecule has 0 aliphatic rings. The van der Waals surface area contributed by atoms with Crippen LogP contribution in [0.5, 0.6) is 0 Å². The average Bonchev–Trinajstić information content (AvgIpc) is 2.31. The van der Waals surface area contributed by atoms with Crippen molar-refractivity contribution < 1.29 is 22.7 Å². The number of sulfonamides is 1. The number of aromatic carboxylic acids is 1. The van der Waals surface area contributed by atoms with Crippen LogP contribution in [0.25, 0.3) is 0 Å². The molecule has 0 atom stereocenters. The number of carboxylic acids is 1. The van der Waals surface area contributed by atoms with Gasteiger partial charge in [-0.05, 0) is 26.2 Å². The quantitative estimate of drug-likeness (QED) is 0.815. The van der Waals surface area contributed by atoms with Crippen molar-refractivity contribution in [2.75, 3.05) is 27.2 Å². The molecule has 2 N–H and O–H groups in total. The smallest absolute Gasteiger partial charge is 0.337 e. The molecule has 0 aliphatic carbocycles. The second-order valence-electron chi connectivity index (χ2n) is 4.27. The molecule has 0 aromatic heterocycles. The van der Waals surface area contributed by atoms with E-state index in [0.717, 1.165) is 6.07 Å². The number of rotatable bonds is 6. The minimum absolute atomic E-state index is 0.113. The van der Waals surface area contributed by atoms with Gasteiger partial charge < -0.3 is 10.0 Å². The van der Waals surface area contributed by atoms with Crippen LogP contribution in [0.2, 0.25) is 5.02 Å². The molecule has 0 saturated heterocycles. The van der Waals surface area contributed by atoms with Gasteiger partial charge in [0.1, 0.15) is 5.82 Å². The van der Waals surface area contributed by atoms with Gasteiger partial charge in [-0.1, -0.05) is 11.6 Å². The number of benzene rings is 1. The molecule has 112 valence electrons. The minimum atomic E-state index is -3.99. The third kappa shape index (κ3) is 4.14. The topological polar surface area (TPSA) is 86.7 Å². The van der Waals surface area contributed by atoms with Crippen LogP contribution in [0.4, 0.5) is 4.39 Å². The molecule has 1 rings (SSSR count). The zero-order valence-corrected chi connectivity index (χ0v) is 12.4. The Morgan fingerprint density at radius 3 is 2.55 bits per heavy atom. The van der Waals surface area contributed by atoms with E-state index in [1.54, 1.807) is 19.0 Å². The second-order valence-corrected chi connectivity index (χ2v) is 6.42. The van der Waals surface area contributed by atoms with E-state index in [1.165, 1.54) is 0 Å². The lowest BCUT2D eigenvalue weighted by Crippen LogP contribution is -2.31. The van der Waals surface area contributed by atoms with Crippen molar-refractivity contribution >= 4 is 27.6 Å². The Labute approximate surface area is 121 Å². The number of carbonyl (C=O) groups is 1. The number of likely N-dealkylation sites (N-methyl/N-ethyl adjacent to an activating group) is 1. The van der Waals surface area contributed by atoms with Crippen molar-refractivity contribution in [1.82, 2.24) is 9.62 Å². The predicted octanol–water partition coefficient (Wildman–Crippen LogP) is 1.02. The maximum Gasteiger partial charge on any atom is 0.337 e. The molecule has 0 unspecified atom stereocenters. The van der Waals surface area contributed by atoms with E-state index in [4.69, 9.17) is 16.7 Å². The largest absolute Gasteiger partial charge is 0.478 e. The van der Waals surface area contributed by atoms with Crippen molar-refractivity contribution in [1.29, 1.82) is 0 Å². The summed E-state index contributed by atoms with van der Waals surface area (Å²) in [6.45, 7) is 0.559. The van der Waals surface area contributed by atoms with E-state index in [2.05, 4.69) is 4.72 Å². The molecule has 0 bridgehead atoms. The molecule has 0 spiro atoms. The van der Waals surface area contributed by atoms with E-state index < -0.39 is 37.3 Å². The Kier molecular flexibility index (Phi) is 5.46. The fourth-order valence-electron chi connectivity index (χ4n) is 1.36. The lowest BCUT2D eigenvalue weighted by Gasteiger charge is -2.12. The fourth-order valence-corrected chi connectivity index (χ4v) is 2.61. The molecule has 0 radical (unpaired) electrons. The van der Waals surface area contributed by atoms with Gasteiger partial charge >= 0.3 is 5.97 Å². The minimum Gasteiger partial charge on any atom is -0.478 e. The van der Waals surface area contributed by atoms with Crippen LogP contribution in [-0.2, 0) is 10.0 Å². The molecular weight excluding hydrogens is 311 g/mol. The Hall–Kier alpha value is -1.22. The molecule has 0 saturated carbocycles. The lowest BCUT2D eigenvalue weighted by atomic mass is 10.2. The number of halogens is 2. The maximum atomic E-state index is 13.5. The van der Waals surface area contributed by atoms with Gasteiger partial charge in [0, 0.05) is 13.1 Å². The molecule has 0 amide bonds. The van der Waals surface area contributed by atoms with E-state index in [0.29, 0.717) is 12.6 Å². The number of nitrogens with zero attached hydrogens (tertiary/aromatic N) is 1. The van der Waals surface area contributed by atoms with Crippen molar-refractivity contribution in [3.63, 3.8) is 0 Å². The van der Waals surface area contributed by atoms with Gasteiger partial charge in [0.15, 0.2) is 0 Å². The zero-order valence-electron chi connectivity index (χ0n) is 10.9. The van der Waals surface area contributed by atoms with Gasteiger partial charge in [-0.15, -0.1) is 0 Å².